The van der Waals surface area contributed by atoms with Crippen LogP contribution in [0.1, 0.15) is 31.7 Å². The average Bonchev–Trinajstić information content (AvgIpc) is 2.94. The van der Waals surface area contributed by atoms with E-state index in [0.29, 0.717) is 4.90 Å². The topological polar surface area (TPSA) is 34.1 Å². The lowest BCUT2D eigenvalue weighted by atomic mass is 10.0. The number of allylic oxidation sites excluding steroid dienone is 7. The molecule has 0 unspecified atom stereocenters. The third kappa shape index (κ3) is 4.52. The quantitative estimate of drug-likeness (QED) is 0.710. The molecule has 0 bridgehead atoms. The highest BCUT2D eigenvalue weighted by Gasteiger charge is 2.15. The fourth-order valence-corrected chi connectivity index (χ4v) is 3.38. The monoisotopic (exact) mass is 332 g/mol. The average molecular weight is 332 g/mol. The second-order valence-electron chi connectivity index (χ2n) is 5.78. The first-order chi connectivity index (χ1) is 10.8. The van der Waals surface area contributed by atoms with Crippen LogP contribution < -0.4 is 0 Å². The third-order valence-corrected chi connectivity index (χ3v) is 4.98. The Kier molecular flexibility index (Phi) is 5.37. The molecule has 0 aromatic heterocycles. The minimum Gasteiger partial charge on any atom is -0.224 e. The Morgan fingerprint density at radius 2 is 1.87 bits per heavy atom. The van der Waals surface area contributed by atoms with E-state index in [-0.39, 0.29) is 5.83 Å². The zero-order chi connectivity index (χ0) is 17.0. The summed E-state index contributed by atoms with van der Waals surface area (Å²) in [5, 5.41) is 0. The predicted octanol–water partition coefficient (Wildman–Crippen LogP) is 5.01. The van der Waals surface area contributed by atoms with E-state index in [1.807, 2.05) is 25.1 Å². The van der Waals surface area contributed by atoms with Gasteiger partial charge in [-0.3, -0.25) is 0 Å². The molecule has 0 N–H and O–H groups in total. The Bertz CT molecular complexity index is 794. The van der Waals surface area contributed by atoms with Crippen molar-refractivity contribution in [3.8, 4) is 0 Å². The van der Waals surface area contributed by atoms with E-state index in [1.165, 1.54) is 29.6 Å². The van der Waals surface area contributed by atoms with Gasteiger partial charge in [-0.15, -0.1) is 0 Å². The van der Waals surface area contributed by atoms with Gasteiger partial charge in [0.1, 0.15) is 5.83 Å². The minimum absolute atomic E-state index is 0.323. The molecule has 0 radical (unpaired) electrons. The molecule has 0 atom stereocenters. The molecule has 0 saturated heterocycles. The summed E-state index contributed by atoms with van der Waals surface area (Å²) < 4.78 is 36.3. The zero-order valence-electron chi connectivity index (χ0n) is 13.5. The van der Waals surface area contributed by atoms with Crippen molar-refractivity contribution < 1.29 is 12.8 Å². The van der Waals surface area contributed by atoms with Gasteiger partial charge in [-0.25, -0.2) is 12.8 Å². The molecule has 2 rings (SSSR count). The first kappa shape index (κ1) is 17.4. The molecule has 1 aliphatic rings. The zero-order valence-corrected chi connectivity index (χ0v) is 14.3. The van der Waals surface area contributed by atoms with E-state index in [0.717, 1.165) is 30.4 Å². The smallest absolute Gasteiger partial charge is 0.175 e. The van der Waals surface area contributed by atoms with Crippen LogP contribution >= 0.6 is 0 Å². The normalized spacial score (nSPS) is 16.8. The van der Waals surface area contributed by atoms with Crippen molar-refractivity contribution in [2.75, 3.05) is 6.26 Å². The molecule has 0 fully saturated rings. The van der Waals surface area contributed by atoms with Gasteiger partial charge < -0.3 is 0 Å². The number of hydrogen-bond acceptors (Lipinski definition) is 2. The fourth-order valence-electron chi connectivity index (χ4n) is 2.75. The number of rotatable bonds is 5. The Labute approximate surface area is 137 Å². The summed E-state index contributed by atoms with van der Waals surface area (Å²) in [4.78, 5) is 0.323. The number of hydrogen-bond donors (Lipinski definition) is 0. The Morgan fingerprint density at radius 1 is 1.22 bits per heavy atom. The highest BCUT2D eigenvalue weighted by Crippen LogP contribution is 2.35. The van der Waals surface area contributed by atoms with Gasteiger partial charge in [0.25, 0.3) is 0 Å². The van der Waals surface area contributed by atoms with Gasteiger partial charge in [0.05, 0.1) is 4.90 Å². The van der Waals surface area contributed by atoms with Crippen LogP contribution in [0.15, 0.2) is 70.9 Å². The second kappa shape index (κ2) is 7.09. The molecule has 1 aromatic rings. The largest absolute Gasteiger partial charge is 0.224 e. The van der Waals surface area contributed by atoms with Crippen molar-refractivity contribution in [1.29, 1.82) is 0 Å². The van der Waals surface area contributed by atoms with Gasteiger partial charge in [0, 0.05) is 6.26 Å². The van der Waals surface area contributed by atoms with Gasteiger partial charge in [0.15, 0.2) is 9.84 Å². The molecule has 1 aromatic carbocycles. The van der Waals surface area contributed by atoms with Crippen LogP contribution in [-0.2, 0) is 9.84 Å². The first-order valence-corrected chi connectivity index (χ1v) is 9.41. The van der Waals surface area contributed by atoms with Gasteiger partial charge in [0.2, 0.25) is 0 Å². The molecule has 4 heteroatoms. The van der Waals surface area contributed by atoms with E-state index in [2.05, 4.69) is 6.58 Å². The van der Waals surface area contributed by atoms with Crippen molar-refractivity contribution in [3.05, 3.63) is 71.6 Å². The highest BCUT2D eigenvalue weighted by atomic mass is 32.2. The van der Waals surface area contributed by atoms with Gasteiger partial charge >= 0.3 is 0 Å². The summed E-state index contributed by atoms with van der Waals surface area (Å²) in [5.74, 6) is -0.351. The molecule has 0 heterocycles. The summed E-state index contributed by atoms with van der Waals surface area (Å²) in [6.07, 6.45) is 8.80. The molecular weight excluding hydrogens is 311 g/mol. The van der Waals surface area contributed by atoms with Crippen molar-refractivity contribution in [2.45, 2.75) is 31.1 Å². The maximum atomic E-state index is 13.3. The van der Waals surface area contributed by atoms with Crippen molar-refractivity contribution in [1.82, 2.24) is 0 Å². The molecule has 1 aliphatic carbocycles. The van der Waals surface area contributed by atoms with Gasteiger partial charge in [-0.2, -0.15) is 0 Å². The molecule has 0 saturated carbocycles. The van der Waals surface area contributed by atoms with Crippen molar-refractivity contribution in [2.24, 2.45) is 0 Å². The SMILES string of the molecule is C=C/C(F)=C\C(C)=C\C1=C(c2ccc(S(C)(=O)=O)cc2)CCC1. The van der Waals surface area contributed by atoms with Crippen LogP contribution in [-0.4, -0.2) is 14.7 Å². The van der Waals surface area contributed by atoms with Crippen LogP contribution in [0.3, 0.4) is 0 Å². The van der Waals surface area contributed by atoms with Crippen molar-refractivity contribution >= 4 is 15.4 Å². The minimum atomic E-state index is -3.18. The summed E-state index contributed by atoms with van der Waals surface area (Å²) in [5.41, 5.74) is 4.26. The summed E-state index contributed by atoms with van der Waals surface area (Å²) >= 11 is 0. The van der Waals surface area contributed by atoms with E-state index in [9.17, 15) is 12.8 Å². The Morgan fingerprint density at radius 3 is 2.43 bits per heavy atom. The van der Waals surface area contributed by atoms with Crippen LogP contribution in [0.2, 0.25) is 0 Å². The first-order valence-electron chi connectivity index (χ1n) is 7.51. The standard InChI is InChI=1S/C19H21FO2S/c1-4-17(20)13-14(2)12-16-6-5-7-19(16)15-8-10-18(11-9-15)23(3,21)22/h4,8-13H,1,5-7H2,2-3H3/b14-12+,17-13+. The number of sulfone groups is 1. The molecule has 0 spiro atoms. The lowest BCUT2D eigenvalue weighted by Gasteiger charge is -2.07. The van der Waals surface area contributed by atoms with Crippen LogP contribution in [0.4, 0.5) is 4.39 Å². The van der Waals surface area contributed by atoms with Gasteiger partial charge in [-0.05, 0) is 72.8 Å². The summed E-state index contributed by atoms with van der Waals surface area (Å²) in [6.45, 7) is 5.26. The lowest BCUT2D eigenvalue weighted by Crippen LogP contribution is -1.96. The highest BCUT2D eigenvalue weighted by molar-refractivity contribution is 7.90. The molecule has 0 aliphatic heterocycles. The molecular formula is C19H21FO2S. The Hall–Kier alpha value is -1.94. The second-order valence-corrected chi connectivity index (χ2v) is 7.79. The summed E-state index contributed by atoms with van der Waals surface area (Å²) in [6, 6.07) is 6.98. The number of halogens is 1. The third-order valence-electron chi connectivity index (χ3n) is 3.85. The number of benzene rings is 1. The molecule has 2 nitrogen and oxygen atoms in total. The maximum Gasteiger partial charge on any atom is 0.175 e. The predicted molar refractivity (Wildman–Crippen MR) is 93.5 cm³/mol. The van der Waals surface area contributed by atoms with Crippen molar-refractivity contribution in [3.63, 3.8) is 0 Å². The fraction of sp³-hybridized carbons (Fsp3) is 0.263. The van der Waals surface area contributed by atoms with Gasteiger partial charge in [-0.1, -0.05) is 24.8 Å². The van der Waals surface area contributed by atoms with Crippen LogP contribution in [0.5, 0.6) is 0 Å². The maximum absolute atomic E-state index is 13.3. The van der Waals surface area contributed by atoms with E-state index >= 15 is 0 Å². The molecule has 23 heavy (non-hydrogen) atoms. The van der Waals surface area contributed by atoms with Crippen LogP contribution in [0.25, 0.3) is 5.57 Å². The van der Waals surface area contributed by atoms with E-state index < -0.39 is 9.84 Å². The van der Waals surface area contributed by atoms with E-state index in [1.54, 1.807) is 12.1 Å². The van der Waals surface area contributed by atoms with Crippen LogP contribution in [0, 0.1) is 0 Å². The van der Waals surface area contributed by atoms with E-state index in [4.69, 9.17) is 0 Å². The lowest BCUT2D eigenvalue weighted by molar-refractivity contribution is 0.602. The molecule has 122 valence electrons. The summed E-state index contributed by atoms with van der Waals surface area (Å²) in [7, 11) is -3.18. The molecule has 0 amide bonds. The Balaban J connectivity index is 2.36.